The third-order valence-corrected chi connectivity index (χ3v) is 4.91. The predicted molar refractivity (Wildman–Crippen MR) is 116 cm³/mol. The molecule has 0 radical (unpaired) electrons. The van der Waals surface area contributed by atoms with Crippen LogP contribution in [0.2, 0.25) is 0 Å². The number of nitrogen functional groups attached to an aromatic ring is 2. The number of benzene rings is 2. The number of para-hydroxylation sites is 1. The van der Waals surface area contributed by atoms with E-state index in [2.05, 4.69) is 33.0 Å². The number of aromatic nitrogens is 4. The summed E-state index contributed by atoms with van der Waals surface area (Å²) in [4.78, 5) is 19.5. The smallest absolute Gasteiger partial charge is 0.276 e. The number of amides is 1. The first-order chi connectivity index (χ1) is 15.2. The van der Waals surface area contributed by atoms with Crippen LogP contribution in [0.25, 0.3) is 16.9 Å². The second-order valence-corrected chi connectivity index (χ2v) is 7.25. The Morgan fingerprint density at radius 1 is 1.09 bits per heavy atom. The Morgan fingerprint density at radius 2 is 1.78 bits per heavy atom. The zero-order valence-electron chi connectivity index (χ0n) is 16.3. The number of nitrogens with zero attached hydrogens (tertiary/aromatic N) is 4. The minimum atomic E-state index is -1.28. The van der Waals surface area contributed by atoms with Crippen molar-refractivity contribution in [2.24, 2.45) is 0 Å². The first kappa shape index (κ1) is 21.4. The quantitative estimate of drug-likeness (QED) is 0.269. The summed E-state index contributed by atoms with van der Waals surface area (Å²) in [5.41, 5.74) is 13.0. The van der Waals surface area contributed by atoms with E-state index >= 15 is 0 Å². The molecule has 4 rings (SSSR count). The van der Waals surface area contributed by atoms with Crippen LogP contribution in [0.3, 0.4) is 0 Å². The number of carbonyl (C=O) groups excluding carboxylic acids is 1. The number of fused-ring (bicyclic) bond motifs is 1. The van der Waals surface area contributed by atoms with Crippen LogP contribution in [0.15, 0.2) is 36.4 Å². The van der Waals surface area contributed by atoms with Crippen LogP contribution in [0.1, 0.15) is 16.8 Å². The van der Waals surface area contributed by atoms with Crippen LogP contribution >= 0.6 is 12.6 Å². The van der Waals surface area contributed by atoms with Gasteiger partial charge in [0.1, 0.15) is 17.5 Å². The van der Waals surface area contributed by atoms with Gasteiger partial charge >= 0.3 is 0 Å². The van der Waals surface area contributed by atoms with Gasteiger partial charge in [-0.1, -0.05) is 30.8 Å². The fourth-order valence-corrected chi connectivity index (χ4v) is 3.36. The van der Waals surface area contributed by atoms with Crippen LogP contribution in [-0.2, 0) is 13.0 Å². The topological polar surface area (TPSA) is 125 Å². The van der Waals surface area contributed by atoms with E-state index in [-0.39, 0.29) is 36.1 Å². The van der Waals surface area contributed by atoms with Crippen molar-refractivity contribution >= 4 is 40.4 Å². The molecule has 0 atom stereocenters. The van der Waals surface area contributed by atoms with Crippen molar-refractivity contribution in [1.82, 2.24) is 25.1 Å². The molecule has 0 aliphatic carbocycles. The van der Waals surface area contributed by atoms with Gasteiger partial charge in [-0.2, -0.15) is 19.7 Å². The molecule has 0 aliphatic rings. The lowest BCUT2D eigenvalue weighted by atomic mass is 10.1. The molecule has 1 amide bonds. The molecule has 0 spiro atoms. The Hall–Kier alpha value is -3.80. The van der Waals surface area contributed by atoms with Crippen LogP contribution in [-0.4, -0.2) is 25.0 Å². The number of hydrogen-bond acceptors (Lipinski definition) is 6. The summed E-state index contributed by atoms with van der Waals surface area (Å²) in [7, 11) is 0. The number of nitrogens with one attached hydrogen (secondary N) is 1. The van der Waals surface area contributed by atoms with Crippen molar-refractivity contribution in [1.29, 1.82) is 0 Å². The molecule has 0 unspecified atom stereocenters. The highest BCUT2D eigenvalue weighted by atomic mass is 32.1. The van der Waals surface area contributed by atoms with Crippen molar-refractivity contribution < 1.29 is 18.0 Å². The molecule has 12 heteroatoms. The zero-order valence-corrected chi connectivity index (χ0v) is 17.2. The van der Waals surface area contributed by atoms with E-state index in [1.807, 2.05) is 0 Å². The second kappa shape index (κ2) is 8.38. The van der Waals surface area contributed by atoms with Gasteiger partial charge in [0.15, 0.2) is 11.6 Å². The molecule has 0 aliphatic heterocycles. The number of anilines is 2. The number of halogens is 3. The summed E-state index contributed by atoms with van der Waals surface area (Å²) in [6, 6.07) is 8.34. The normalized spacial score (nSPS) is 11.1. The van der Waals surface area contributed by atoms with Crippen LogP contribution in [0.5, 0.6) is 0 Å². The molecule has 0 bridgehead atoms. The molecular weight excluding hydrogens is 443 g/mol. The molecule has 32 heavy (non-hydrogen) atoms. The van der Waals surface area contributed by atoms with Crippen LogP contribution in [0, 0.1) is 17.5 Å². The van der Waals surface area contributed by atoms with E-state index in [4.69, 9.17) is 11.5 Å². The second-order valence-electron chi connectivity index (χ2n) is 6.84. The number of thiol groups is 1. The summed E-state index contributed by atoms with van der Waals surface area (Å²) in [5, 5.41) is 6.90. The third kappa shape index (κ3) is 4.04. The van der Waals surface area contributed by atoms with Crippen molar-refractivity contribution in [3.63, 3.8) is 0 Å². The van der Waals surface area contributed by atoms with Crippen molar-refractivity contribution in [2.45, 2.75) is 13.0 Å². The standard InChI is InChI=1S/C20H16F3N7OS/c21-10-5-9(16(23)13(22)7-10)6-14-11-3-1-2-4-15(11)30(29-14)19-27-17(24)12(18(25)28-19)8-26-20(31)32/h1-5,7H,6,8H2,(H2,26,31,32)(H4,24,25,27,28). The van der Waals surface area contributed by atoms with E-state index in [9.17, 15) is 18.0 Å². The lowest BCUT2D eigenvalue weighted by Crippen LogP contribution is -2.20. The van der Waals surface area contributed by atoms with Gasteiger partial charge in [0.2, 0.25) is 0 Å². The maximum Gasteiger partial charge on any atom is 0.276 e. The highest BCUT2D eigenvalue weighted by molar-refractivity contribution is 7.96. The lowest BCUT2D eigenvalue weighted by Gasteiger charge is -2.10. The van der Waals surface area contributed by atoms with Gasteiger partial charge in [-0.05, 0) is 17.7 Å². The number of hydrogen-bond donors (Lipinski definition) is 4. The third-order valence-electron chi connectivity index (χ3n) is 4.76. The molecule has 4 aromatic rings. The van der Waals surface area contributed by atoms with E-state index in [1.165, 1.54) is 4.68 Å². The molecule has 8 nitrogen and oxygen atoms in total. The van der Waals surface area contributed by atoms with Gasteiger partial charge < -0.3 is 16.8 Å². The van der Waals surface area contributed by atoms with E-state index in [1.54, 1.807) is 24.3 Å². The minimum Gasteiger partial charge on any atom is -0.383 e. The van der Waals surface area contributed by atoms with Gasteiger partial charge in [-0.3, -0.25) is 4.79 Å². The zero-order chi connectivity index (χ0) is 23.0. The van der Waals surface area contributed by atoms with Crippen molar-refractivity contribution in [3.8, 4) is 5.95 Å². The minimum absolute atomic E-state index is 0.0181. The summed E-state index contributed by atoms with van der Waals surface area (Å²) in [5.74, 6) is -3.24. The molecule has 0 fully saturated rings. The fraction of sp³-hybridized carbons (Fsp3) is 0.100. The first-order valence-corrected chi connectivity index (χ1v) is 9.68. The average Bonchev–Trinajstić information content (AvgIpc) is 3.09. The molecule has 2 heterocycles. The lowest BCUT2D eigenvalue weighted by molar-refractivity contribution is 0.261. The van der Waals surface area contributed by atoms with Gasteiger partial charge in [0, 0.05) is 17.9 Å². The maximum atomic E-state index is 14.2. The Kier molecular flexibility index (Phi) is 5.61. The molecule has 0 saturated heterocycles. The monoisotopic (exact) mass is 459 g/mol. The largest absolute Gasteiger partial charge is 0.383 e. The fourth-order valence-electron chi connectivity index (χ4n) is 3.28. The molecule has 2 aromatic carbocycles. The molecule has 5 N–H and O–H groups in total. The van der Waals surface area contributed by atoms with Gasteiger partial charge in [0.05, 0.1) is 23.3 Å². The Bertz CT molecular complexity index is 1340. The van der Waals surface area contributed by atoms with Gasteiger partial charge in [-0.15, -0.1) is 0 Å². The van der Waals surface area contributed by atoms with E-state index in [0.29, 0.717) is 28.2 Å². The number of rotatable bonds is 5. The van der Waals surface area contributed by atoms with E-state index < -0.39 is 22.7 Å². The molecule has 164 valence electrons. The number of carbonyl (C=O) groups is 1. The van der Waals surface area contributed by atoms with Gasteiger partial charge in [-0.25, -0.2) is 13.2 Å². The summed E-state index contributed by atoms with van der Waals surface area (Å²) >= 11 is 3.62. The average molecular weight is 459 g/mol. The molecule has 2 aromatic heterocycles. The number of nitrogens with two attached hydrogens (primary N) is 2. The Morgan fingerprint density at radius 3 is 2.47 bits per heavy atom. The van der Waals surface area contributed by atoms with Crippen molar-refractivity contribution in [2.75, 3.05) is 11.5 Å². The SMILES string of the molecule is Nc1nc(-n2nc(Cc3cc(F)cc(F)c3F)c3ccccc32)nc(N)c1CNC(=O)S. The predicted octanol–water partition coefficient (Wildman–Crippen LogP) is 3.13. The molecular formula is C20H16F3N7OS. The Balaban J connectivity index is 1.80. The summed E-state index contributed by atoms with van der Waals surface area (Å²) < 4.78 is 42.8. The Labute approximate surface area is 184 Å². The van der Waals surface area contributed by atoms with Crippen molar-refractivity contribution in [3.05, 3.63) is 70.7 Å². The molecule has 0 saturated carbocycles. The van der Waals surface area contributed by atoms with Crippen LogP contribution in [0.4, 0.5) is 29.6 Å². The summed E-state index contributed by atoms with van der Waals surface area (Å²) in [6.45, 7) is -0.0181. The maximum absolute atomic E-state index is 14.2. The highest BCUT2D eigenvalue weighted by Crippen LogP contribution is 2.26. The first-order valence-electron chi connectivity index (χ1n) is 9.23. The van der Waals surface area contributed by atoms with E-state index in [0.717, 1.165) is 6.07 Å². The highest BCUT2D eigenvalue weighted by Gasteiger charge is 2.19. The summed E-state index contributed by atoms with van der Waals surface area (Å²) in [6.07, 6.45) is -0.176. The van der Waals surface area contributed by atoms with Crippen LogP contribution < -0.4 is 16.8 Å². The van der Waals surface area contributed by atoms with Gasteiger partial charge in [0.25, 0.3) is 11.2 Å².